The van der Waals surface area contributed by atoms with E-state index < -0.39 is 0 Å². The third kappa shape index (κ3) is 20.9. The average molecular weight is 1780 g/mol. The minimum absolute atomic E-state index is 0.0108. The third-order valence-corrected chi connectivity index (χ3v) is 23.1. The van der Waals surface area contributed by atoms with Crippen LogP contribution in [0, 0.1) is 17.5 Å². The topological polar surface area (TPSA) is 318 Å². The Labute approximate surface area is 754 Å². The Kier molecular flexibility index (Phi) is 28.4. The molecule has 5 aliphatic rings. The molecule has 0 spiro atoms. The zero-order chi connectivity index (χ0) is 92.8. The summed E-state index contributed by atoms with van der Waals surface area (Å²) in [5, 5.41) is 52.4. The van der Waals surface area contributed by atoms with Gasteiger partial charge in [0.2, 0.25) is 47.7 Å². The van der Waals surface area contributed by atoms with Crippen molar-refractivity contribution in [3.05, 3.63) is 330 Å². The Morgan fingerprint density at radius 1 is 0.405 bits per heavy atom. The van der Waals surface area contributed by atoms with Gasteiger partial charge in [0.25, 0.3) is 0 Å². The summed E-state index contributed by atoms with van der Waals surface area (Å²) in [7, 11) is 10.9. The standard InChI is InChI=1S/C27H27FN2O4.C26H25FN2O4.C26H25NO5.C25H20FNO5/c1-16-21(10-17-11-24(33-3)27(32)25(12-17)34-4)20-8-7-18(28)13-23(20)22(16)14-26(31)29-15-19-6-5-9-30(19)2;1-15-20(9-16-10-23(32-2)26(31)24(11-16)33-3)19-7-6-17(27)12-22(19)21(15)13-25(30)29-14-18-5-4-8-28-18;1-16-21(11-17-6-9-25(31-3)24(28)12-17)20-8-7-18(30-2)13-23(20)22(16)14-26(29)27-15-19-5-4-10-32-19;1-14-19(7-15-8-22(28)25-23(9-15)31-13-32-25)18-5-4-16(26)10-21(18)20(14)11-24(29)27-12-17-3-2-6-30-17/h5-13,32H,14-15H2,1-4H3,(H,29,31);4-12,28,31H,13-14H2,1-3H3,(H,29,30);4-13,28H,14-15H2,1-3H3,(H,27,29);2-10,28H,11-13H2,1H3,(H,27,29)/b21-10-;20-9-;21-11-;19-7-. The highest BCUT2D eigenvalue weighted by Crippen LogP contribution is 2.51. The van der Waals surface area contributed by atoms with Crippen LogP contribution in [0.25, 0.3) is 68.9 Å². The van der Waals surface area contributed by atoms with Gasteiger partial charge in [-0.05, 0) is 331 Å². The van der Waals surface area contributed by atoms with Crippen molar-refractivity contribution in [2.75, 3.05) is 49.5 Å². The summed E-state index contributed by atoms with van der Waals surface area (Å²) in [5.74, 6) is 2.68. The fourth-order valence-electron chi connectivity index (χ4n) is 16.2. The molecule has 0 unspecified atom stereocenters. The number of hydrogen-bond donors (Lipinski definition) is 9. The number of rotatable bonds is 26. The second-order valence-electron chi connectivity index (χ2n) is 31.2. The molecule has 17 rings (SSSR count). The van der Waals surface area contributed by atoms with E-state index in [1.807, 2.05) is 124 Å². The Morgan fingerprint density at radius 2 is 0.809 bits per heavy atom. The number of nitrogens with zero attached hydrogens (tertiary/aromatic N) is 1. The minimum Gasteiger partial charge on any atom is -0.504 e. The Morgan fingerprint density at radius 3 is 1.20 bits per heavy atom. The van der Waals surface area contributed by atoms with Crippen LogP contribution in [0.15, 0.2) is 232 Å². The van der Waals surface area contributed by atoms with Gasteiger partial charge in [-0.15, -0.1) is 0 Å². The minimum atomic E-state index is -0.369. The van der Waals surface area contributed by atoms with Crippen LogP contribution in [0.3, 0.4) is 0 Å². The van der Waals surface area contributed by atoms with Crippen LogP contribution in [0.2, 0.25) is 0 Å². The van der Waals surface area contributed by atoms with Gasteiger partial charge in [0.15, 0.2) is 46.0 Å². The van der Waals surface area contributed by atoms with Gasteiger partial charge in [-0.25, -0.2) is 13.2 Å². The normalized spacial score (nSPS) is 14.2. The predicted octanol–water partition coefficient (Wildman–Crippen LogP) is 19.8. The van der Waals surface area contributed by atoms with Crippen molar-refractivity contribution < 1.29 is 99.5 Å². The van der Waals surface area contributed by atoms with Crippen molar-refractivity contribution in [2.24, 2.45) is 7.05 Å². The number of amides is 4. The first kappa shape index (κ1) is 91.3. The van der Waals surface area contributed by atoms with E-state index in [-0.39, 0.29) is 126 Å². The maximum Gasteiger partial charge on any atom is 0.231 e. The van der Waals surface area contributed by atoms with Gasteiger partial charge in [0.1, 0.15) is 34.7 Å². The number of allylic oxidation sites excluding steroid dienone is 8. The molecule has 0 saturated carbocycles. The number of phenols is 4. The zero-order valence-electron chi connectivity index (χ0n) is 73.8. The first-order valence-corrected chi connectivity index (χ1v) is 41.7. The fraction of sp³-hybridized carbons (Fsp3) is 0.192. The van der Waals surface area contributed by atoms with Crippen molar-refractivity contribution >= 4 is 92.5 Å². The number of carbonyl (C=O) groups excluding carboxylic acids is 4. The lowest BCUT2D eigenvalue weighted by Crippen LogP contribution is -2.23. The molecule has 0 radical (unpaired) electrons. The molecule has 9 N–H and O–H groups in total. The lowest BCUT2D eigenvalue weighted by atomic mass is 10.00. The van der Waals surface area contributed by atoms with E-state index in [1.165, 1.54) is 71.9 Å². The van der Waals surface area contributed by atoms with E-state index in [9.17, 15) is 52.8 Å². The van der Waals surface area contributed by atoms with Gasteiger partial charge in [0, 0.05) is 30.8 Å². The number of furan rings is 2. The van der Waals surface area contributed by atoms with E-state index in [4.69, 9.17) is 46.7 Å². The number of nitrogens with one attached hydrogen (secondary N) is 5. The summed E-state index contributed by atoms with van der Waals surface area (Å²) in [6, 6.07) is 49.9. The molecule has 12 aromatic rings. The number of aromatic hydroxyl groups is 4. The molecule has 8 aromatic carbocycles. The zero-order valence-corrected chi connectivity index (χ0v) is 73.8. The van der Waals surface area contributed by atoms with E-state index in [2.05, 4.69) is 26.3 Å². The van der Waals surface area contributed by atoms with Gasteiger partial charge >= 0.3 is 0 Å². The molecule has 0 fully saturated rings. The number of methoxy groups -OCH3 is 6. The third-order valence-electron chi connectivity index (χ3n) is 23.1. The molecule has 4 aliphatic carbocycles. The smallest absolute Gasteiger partial charge is 0.231 e. The van der Waals surface area contributed by atoms with Crippen LogP contribution in [-0.4, -0.2) is 103 Å². The quantitative estimate of drug-likeness (QED) is 0.0243. The van der Waals surface area contributed by atoms with Crippen molar-refractivity contribution in [1.29, 1.82) is 0 Å². The molecule has 131 heavy (non-hydrogen) atoms. The number of fused-ring (bicyclic) bond motifs is 5. The van der Waals surface area contributed by atoms with Crippen molar-refractivity contribution in [3.63, 3.8) is 0 Å². The van der Waals surface area contributed by atoms with Crippen LogP contribution in [0.1, 0.15) is 143 Å². The molecule has 0 saturated heterocycles. The second kappa shape index (κ2) is 40.8. The summed E-state index contributed by atoms with van der Waals surface area (Å²) >= 11 is 0. The van der Waals surface area contributed by atoms with E-state index in [1.54, 1.807) is 111 Å². The number of halogens is 3. The molecule has 27 heteroatoms. The van der Waals surface area contributed by atoms with Crippen molar-refractivity contribution in [3.8, 4) is 69.0 Å². The number of H-pyrrole nitrogens is 1. The number of aromatic nitrogens is 2. The molecule has 672 valence electrons. The summed E-state index contributed by atoms with van der Waals surface area (Å²) < 4.78 is 97.1. The van der Waals surface area contributed by atoms with Crippen molar-refractivity contribution in [2.45, 2.75) is 79.6 Å². The van der Waals surface area contributed by atoms with Crippen molar-refractivity contribution in [1.82, 2.24) is 30.8 Å². The molecule has 1 aliphatic heterocycles. The number of aryl methyl sites for hydroxylation is 1. The van der Waals surface area contributed by atoms with Gasteiger partial charge in [0.05, 0.1) is 107 Å². The maximum atomic E-state index is 14.2. The number of ether oxygens (including phenoxy) is 8. The molecule has 4 aromatic heterocycles. The monoisotopic (exact) mass is 1770 g/mol. The summed E-state index contributed by atoms with van der Waals surface area (Å²) in [4.78, 5) is 53.8. The largest absolute Gasteiger partial charge is 0.504 e. The van der Waals surface area contributed by atoms with Crippen LogP contribution in [0.5, 0.6) is 69.0 Å². The number of hydrogen-bond acceptors (Lipinski definition) is 18. The maximum absolute atomic E-state index is 14.2. The highest BCUT2D eigenvalue weighted by atomic mass is 19.1. The molecule has 0 bridgehead atoms. The predicted molar refractivity (Wildman–Crippen MR) is 495 cm³/mol. The molecular weight excluding hydrogens is 1680 g/mol. The Bertz CT molecular complexity index is 6590. The number of aromatic amines is 1. The van der Waals surface area contributed by atoms with Crippen LogP contribution < -0.4 is 59.2 Å². The van der Waals surface area contributed by atoms with E-state index >= 15 is 0 Å². The molecule has 5 heterocycles. The molecule has 4 amide bonds. The van der Waals surface area contributed by atoms with Crippen LogP contribution >= 0.6 is 0 Å². The lowest BCUT2D eigenvalue weighted by molar-refractivity contribution is -0.121. The number of phenolic OH excluding ortho intramolecular Hbond substituents is 4. The summed E-state index contributed by atoms with van der Waals surface area (Å²) in [6.07, 6.45) is 15.2. The number of benzene rings is 8. The molecule has 24 nitrogen and oxygen atoms in total. The van der Waals surface area contributed by atoms with Gasteiger partial charge in [-0.3, -0.25) is 19.2 Å². The highest BCUT2D eigenvalue weighted by molar-refractivity contribution is 6.12. The molecular formula is C104H97F3N6O18. The number of carbonyl (C=O) groups is 4. The average Bonchev–Trinajstić information content (AvgIpc) is 1.63. The molecule has 0 atom stereocenters. The Balaban J connectivity index is 0.000000141. The van der Waals surface area contributed by atoms with E-state index in [0.29, 0.717) is 70.7 Å². The first-order chi connectivity index (χ1) is 63.2. The summed E-state index contributed by atoms with van der Waals surface area (Å²) in [6.45, 7) is 9.27. The van der Waals surface area contributed by atoms with Crippen LogP contribution in [0.4, 0.5) is 13.2 Å². The van der Waals surface area contributed by atoms with Gasteiger partial charge in [-0.1, -0.05) is 30.3 Å². The SMILES string of the molecule is CC1=C(CC(=O)NCc2ccco2)c2cc(F)ccc2/C1=C\c1cc(O)c2c(c1)OCO2.COc1cc(/C=C2/C(C)=C(CC(=O)NCc3ccc[nH]3)c3cc(F)ccc32)cc(OC)c1O.COc1cc(/C=C2/C(C)=C(CC(=O)NCc3cccn3C)c3cc(F)ccc32)cc(OC)c1O.COc1ccc2c(c1)C(CC(=O)NCc1ccco1)=C(C)/C2=C/c1ccc(OC)c(O)c1. The highest BCUT2D eigenvalue weighted by Gasteiger charge is 2.32. The van der Waals surface area contributed by atoms with Crippen LogP contribution in [-0.2, 0) is 52.4 Å². The fourth-order valence-corrected chi connectivity index (χ4v) is 16.2. The lowest BCUT2D eigenvalue weighted by Gasteiger charge is -2.11. The second-order valence-corrected chi connectivity index (χ2v) is 31.2. The first-order valence-electron chi connectivity index (χ1n) is 41.7. The van der Waals surface area contributed by atoms with Gasteiger partial charge < -0.3 is 98.0 Å². The Hall–Kier alpha value is -15.9. The van der Waals surface area contributed by atoms with Gasteiger partial charge in [-0.2, -0.15) is 0 Å². The van der Waals surface area contributed by atoms with E-state index in [0.717, 1.165) is 129 Å². The summed E-state index contributed by atoms with van der Waals surface area (Å²) in [5.41, 5.74) is 22.0.